The van der Waals surface area contributed by atoms with Gasteiger partial charge >= 0.3 is 6.18 Å². The second-order valence-electron chi connectivity index (χ2n) is 4.41. The summed E-state index contributed by atoms with van der Waals surface area (Å²) in [5.74, 6) is -0.345. The summed E-state index contributed by atoms with van der Waals surface area (Å²) in [6, 6.07) is 1.64. The third-order valence-electron chi connectivity index (χ3n) is 3.18. The lowest BCUT2D eigenvalue weighted by atomic mass is 9.89. The molecular formula is C12H13ClF3NO. The van der Waals surface area contributed by atoms with Gasteiger partial charge in [-0.1, -0.05) is 11.6 Å². The topological polar surface area (TPSA) is 32.3 Å². The Hall–Kier alpha value is -0.940. The van der Waals surface area contributed by atoms with Crippen molar-refractivity contribution in [1.29, 1.82) is 0 Å². The number of benzene rings is 1. The van der Waals surface area contributed by atoms with Gasteiger partial charge in [0.05, 0.1) is 5.56 Å². The van der Waals surface area contributed by atoms with Crippen LogP contribution in [-0.2, 0) is 6.18 Å². The molecule has 2 N–H and O–H groups in total. The van der Waals surface area contributed by atoms with Crippen LogP contribution in [0.15, 0.2) is 12.1 Å². The van der Waals surface area contributed by atoms with E-state index < -0.39 is 11.7 Å². The van der Waals surface area contributed by atoms with Crippen molar-refractivity contribution in [3.05, 3.63) is 28.3 Å². The molecule has 1 aromatic rings. The number of alkyl halides is 3. The Bertz CT molecular complexity index is 418. The van der Waals surface area contributed by atoms with Crippen molar-refractivity contribution >= 4 is 11.6 Å². The fraction of sp³-hybridized carbons (Fsp3) is 0.500. The van der Waals surface area contributed by atoms with Gasteiger partial charge in [0.2, 0.25) is 0 Å². The van der Waals surface area contributed by atoms with Gasteiger partial charge in [-0.25, -0.2) is 0 Å². The number of hydrogen-bond acceptors (Lipinski definition) is 2. The molecule has 100 valence electrons. The maximum atomic E-state index is 12.5. The lowest BCUT2D eigenvalue weighted by molar-refractivity contribution is -0.137. The molecule has 6 heteroatoms. The molecule has 0 amide bonds. The first-order valence-electron chi connectivity index (χ1n) is 5.70. The fourth-order valence-corrected chi connectivity index (χ4v) is 2.65. The van der Waals surface area contributed by atoms with E-state index in [1.54, 1.807) is 0 Å². The van der Waals surface area contributed by atoms with Gasteiger partial charge in [-0.05, 0) is 44.0 Å². The quantitative estimate of drug-likeness (QED) is 0.824. The first kappa shape index (κ1) is 13.5. The van der Waals surface area contributed by atoms with Crippen LogP contribution in [0.2, 0.25) is 5.02 Å². The summed E-state index contributed by atoms with van der Waals surface area (Å²) in [4.78, 5) is 0. The van der Waals surface area contributed by atoms with Crippen LogP contribution in [0.4, 0.5) is 13.2 Å². The first-order chi connectivity index (χ1) is 8.39. The van der Waals surface area contributed by atoms with Crippen molar-refractivity contribution in [3.63, 3.8) is 0 Å². The van der Waals surface area contributed by atoms with Gasteiger partial charge in [-0.3, -0.25) is 0 Å². The highest BCUT2D eigenvalue weighted by Crippen LogP contribution is 2.41. The Morgan fingerprint density at radius 1 is 1.22 bits per heavy atom. The summed E-state index contributed by atoms with van der Waals surface area (Å²) in [6.45, 7) is 1.56. The summed E-state index contributed by atoms with van der Waals surface area (Å²) in [5.41, 5.74) is -0.478. The maximum absolute atomic E-state index is 12.5. The molecule has 0 aliphatic carbocycles. The zero-order chi connectivity index (χ0) is 13.3. The smallest absolute Gasteiger partial charge is 0.416 e. The largest absolute Gasteiger partial charge is 0.508 e. The van der Waals surface area contributed by atoms with Crippen LogP contribution in [0.1, 0.15) is 29.9 Å². The van der Waals surface area contributed by atoms with E-state index in [9.17, 15) is 18.3 Å². The summed E-state index contributed by atoms with van der Waals surface area (Å²) in [7, 11) is 0. The van der Waals surface area contributed by atoms with Crippen LogP contribution < -0.4 is 5.32 Å². The molecule has 18 heavy (non-hydrogen) atoms. The lowest BCUT2D eigenvalue weighted by Gasteiger charge is -2.25. The SMILES string of the molecule is Oc1cc(C(F)(F)F)cc(Cl)c1C1CCNCC1. The van der Waals surface area contributed by atoms with Crippen molar-refractivity contribution in [2.24, 2.45) is 0 Å². The summed E-state index contributed by atoms with van der Waals surface area (Å²) in [6.07, 6.45) is -2.97. The van der Waals surface area contributed by atoms with Crippen molar-refractivity contribution < 1.29 is 18.3 Å². The van der Waals surface area contributed by atoms with Crippen LogP contribution in [0.25, 0.3) is 0 Å². The monoisotopic (exact) mass is 279 g/mol. The van der Waals surface area contributed by atoms with Crippen molar-refractivity contribution in [2.75, 3.05) is 13.1 Å². The molecule has 0 bridgehead atoms. The lowest BCUT2D eigenvalue weighted by Crippen LogP contribution is -2.26. The van der Waals surface area contributed by atoms with Crippen molar-refractivity contribution in [3.8, 4) is 5.75 Å². The van der Waals surface area contributed by atoms with E-state index in [4.69, 9.17) is 11.6 Å². The molecule has 1 saturated heterocycles. The van der Waals surface area contributed by atoms with E-state index in [2.05, 4.69) is 5.32 Å². The maximum Gasteiger partial charge on any atom is 0.416 e. The minimum absolute atomic E-state index is 0.00535. The van der Waals surface area contributed by atoms with Gasteiger partial charge in [-0.15, -0.1) is 0 Å². The molecule has 1 aromatic carbocycles. The molecule has 1 fully saturated rings. The standard InChI is InChI=1S/C12H13ClF3NO/c13-9-5-8(12(14,15)16)6-10(18)11(9)7-1-3-17-4-2-7/h5-7,17-18H,1-4H2. The Balaban J connectivity index is 2.37. The summed E-state index contributed by atoms with van der Waals surface area (Å²) < 4.78 is 37.6. The zero-order valence-electron chi connectivity index (χ0n) is 9.52. The Morgan fingerprint density at radius 3 is 2.33 bits per heavy atom. The highest BCUT2D eigenvalue weighted by atomic mass is 35.5. The van der Waals surface area contributed by atoms with Gasteiger partial charge in [0.25, 0.3) is 0 Å². The minimum atomic E-state index is -4.49. The molecule has 0 saturated carbocycles. The molecule has 0 aromatic heterocycles. The number of phenols is 1. The molecular weight excluding hydrogens is 267 g/mol. The summed E-state index contributed by atoms with van der Waals surface area (Å²) in [5, 5.41) is 12.9. The van der Waals surface area contributed by atoms with E-state index in [0.717, 1.165) is 38.1 Å². The Labute approximate surface area is 108 Å². The third kappa shape index (κ3) is 2.72. The molecule has 1 aliphatic rings. The predicted octanol–water partition coefficient (Wildman–Crippen LogP) is 3.53. The van der Waals surface area contributed by atoms with Crippen molar-refractivity contribution in [2.45, 2.75) is 24.9 Å². The van der Waals surface area contributed by atoms with E-state index >= 15 is 0 Å². The second kappa shape index (κ2) is 4.97. The highest BCUT2D eigenvalue weighted by Gasteiger charge is 2.33. The van der Waals surface area contributed by atoms with E-state index in [0.29, 0.717) is 5.56 Å². The van der Waals surface area contributed by atoms with E-state index in [1.165, 1.54) is 0 Å². The van der Waals surface area contributed by atoms with Crippen LogP contribution >= 0.6 is 11.6 Å². The predicted molar refractivity (Wildman–Crippen MR) is 63.0 cm³/mol. The molecule has 0 atom stereocenters. The number of piperidine rings is 1. The highest BCUT2D eigenvalue weighted by molar-refractivity contribution is 6.31. The van der Waals surface area contributed by atoms with Gasteiger partial charge in [0.15, 0.2) is 0 Å². The third-order valence-corrected chi connectivity index (χ3v) is 3.50. The normalized spacial score (nSPS) is 18.0. The van der Waals surface area contributed by atoms with Gasteiger partial charge in [-0.2, -0.15) is 13.2 Å². The number of halogens is 4. The molecule has 2 rings (SSSR count). The van der Waals surface area contributed by atoms with Gasteiger partial charge in [0.1, 0.15) is 5.75 Å². The van der Waals surface area contributed by atoms with Gasteiger partial charge < -0.3 is 10.4 Å². The molecule has 2 nitrogen and oxygen atoms in total. The molecule has 0 radical (unpaired) electrons. The van der Waals surface area contributed by atoms with Crippen LogP contribution in [0, 0.1) is 0 Å². The number of aromatic hydroxyl groups is 1. The molecule has 0 spiro atoms. The Kier molecular flexibility index (Phi) is 3.73. The van der Waals surface area contributed by atoms with Crippen molar-refractivity contribution in [1.82, 2.24) is 5.32 Å². The second-order valence-corrected chi connectivity index (χ2v) is 4.82. The zero-order valence-corrected chi connectivity index (χ0v) is 10.3. The average molecular weight is 280 g/mol. The number of hydrogen-bond donors (Lipinski definition) is 2. The number of rotatable bonds is 1. The molecule has 1 heterocycles. The number of nitrogens with one attached hydrogen (secondary N) is 1. The fourth-order valence-electron chi connectivity index (χ4n) is 2.28. The molecule has 0 unspecified atom stereocenters. The minimum Gasteiger partial charge on any atom is -0.508 e. The first-order valence-corrected chi connectivity index (χ1v) is 6.07. The number of phenolic OH excluding ortho intramolecular Hbond substituents is 1. The average Bonchev–Trinajstić information content (AvgIpc) is 2.28. The Morgan fingerprint density at radius 2 is 1.83 bits per heavy atom. The van der Waals surface area contributed by atoms with Crippen LogP contribution in [0.5, 0.6) is 5.75 Å². The summed E-state index contributed by atoms with van der Waals surface area (Å²) >= 11 is 5.89. The molecule has 1 aliphatic heterocycles. The van der Waals surface area contributed by atoms with E-state index in [1.807, 2.05) is 0 Å². The van der Waals surface area contributed by atoms with Crippen LogP contribution in [-0.4, -0.2) is 18.2 Å². The van der Waals surface area contributed by atoms with E-state index in [-0.39, 0.29) is 16.7 Å². The van der Waals surface area contributed by atoms with Crippen LogP contribution in [0.3, 0.4) is 0 Å². The van der Waals surface area contributed by atoms with Gasteiger partial charge in [0, 0.05) is 10.6 Å².